The van der Waals surface area contributed by atoms with Crippen LogP contribution in [0.1, 0.15) is 24.5 Å². The fraction of sp³-hybridized carbons (Fsp3) is 0.231. The molecule has 0 saturated carbocycles. The molecule has 1 aromatic carbocycles. The molecule has 0 bridgehead atoms. The van der Waals surface area contributed by atoms with Gasteiger partial charge in [-0.2, -0.15) is 5.26 Å². The number of rotatable bonds is 2. The second-order valence-corrected chi connectivity index (χ2v) is 3.46. The lowest BCUT2D eigenvalue weighted by Gasteiger charge is -1.98. The number of nitriles is 1. The Morgan fingerprint density at radius 2 is 1.94 bits per heavy atom. The topological polar surface area (TPSA) is 52.9 Å². The van der Waals surface area contributed by atoms with E-state index < -0.39 is 11.6 Å². The highest BCUT2D eigenvalue weighted by molar-refractivity contribution is 5.72. The molecule has 0 saturated heterocycles. The van der Waals surface area contributed by atoms with E-state index in [2.05, 4.69) is 17.2 Å². The third-order valence-corrected chi connectivity index (χ3v) is 2.03. The van der Waals surface area contributed by atoms with Crippen molar-refractivity contribution < 1.29 is 13.6 Å². The number of amides is 1. The summed E-state index contributed by atoms with van der Waals surface area (Å²) in [6.45, 7) is 1.75. The van der Waals surface area contributed by atoms with Gasteiger partial charge in [0.15, 0.2) is 11.6 Å². The Morgan fingerprint density at radius 3 is 2.50 bits per heavy atom. The Bertz CT molecular complexity index is 565. The highest BCUT2D eigenvalue weighted by Crippen LogP contribution is 2.13. The predicted molar refractivity (Wildman–Crippen MR) is 61.3 cm³/mol. The lowest BCUT2D eigenvalue weighted by atomic mass is 10.1. The van der Waals surface area contributed by atoms with Crippen LogP contribution >= 0.6 is 0 Å². The quantitative estimate of drug-likeness (QED) is 0.640. The van der Waals surface area contributed by atoms with E-state index in [9.17, 15) is 13.6 Å². The summed E-state index contributed by atoms with van der Waals surface area (Å²) in [4.78, 5) is 10.6. The molecule has 0 aliphatic carbocycles. The van der Waals surface area contributed by atoms with Crippen molar-refractivity contribution in [2.24, 2.45) is 0 Å². The van der Waals surface area contributed by atoms with Crippen LogP contribution < -0.4 is 5.32 Å². The van der Waals surface area contributed by atoms with Crippen molar-refractivity contribution in [2.75, 3.05) is 6.54 Å². The van der Waals surface area contributed by atoms with Gasteiger partial charge in [-0.05, 0) is 12.1 Å². The summed E-state index contributed by atoms with van der Waals surface area (Å²) in [5, 5.41) is 11.3. The molecule has 18 heavy (non-hydrogen) atoms. The molecule has 0 unspecified atom stereocenters. The van der Waals surface area contributed by atoms with E-state index in [0.29, 0.717) is 13.0 Å². The van der Waals surface area contributed by atoms with Crippen LogP contribution in [0.25, 0.3) is 0 Å². The van der Waals surface area contributed by atoms with Crippen molar-refractivity contribution >= 4 is 5.91 Å². The van der Waals surface area contributed by atoms with Gasteiger partial charge < -0.3 is 5.32 Å². The van der Waals surface area contributed by atoms with E-state index in [1.807, 2.05) is 0 Å². The van der Waals surface area contributed by atoms with Gasteiger partial charge in [0.1, 0.15) is 6.07 Å². The smallest absolute Gasteiger partial charge is 0.216 e. The fourth-order valence-electron chi connectivity index (χ4n) is 1.20. The summed E-state index contributed by atoms with van der Waals surface area (Å²) < 4.78 is 25.8. The molecule has 0 aliphatic rings. The van der Waals surface area contributed by atoms with Crippen LogP contribution in [0.15, 0.2) is 12.1 Å². The average molecular weight is 248 g/mol. The molecule has 1 aromatic rings. The lowest BCUT2D eigenvalue weighted by molar-refractivity contribution is -0.118. The van der Waals surface area contributed by atoms with Gasteiger partial charge in [-0.25, -0.2) is 8.78 Å². The molecule has 0 spiro atoms. The summed E-state index contributed by atoms with van der Waals surface area (Å²) in [7, 11) is 0. The number of benzene rings is 1. The Kier molecular flexibility index (Phi) is 4.83. The maximum Gasteiger partial charge on any atom is 0.216 e. The first-order valence-electron chi connectivity index (χ1n) is 5.17. The second kappa shape index (κ2) is 6.36. The lowest BCUT2D eigenvalue weighted by Crippen LogP contribution is -2.20. The first-order chi connectivity index (χ1) is 8.54. The van der Waals surface area contributed by atoms with Crippen LogP contribution in [0.4, 0.5) is 8.78 Å². The molecule has 92 valence electrons. The molecule has 0 fully saturated rings. The molecular formula is C13H10F2N2O. The third-order valence-electron chi connectivity index (χ3n) is 2.03. The summed E-state index contributed by atoms with van der Waals surface area (Å²) in [6, 6.07) is 3.44. The van der Waals surface area contributed by atoms with Gasteiger partial charge in [-0.3, -0.25) is 4.79 Å². The van der Waals surface area contributed by atoms with E-state index in [1.165, 1.54) is 6.92 Å². The van der Waals surface area contributed by atoms with Gasteiger partial charge in [-0.1, -0.05) is 11.8 Å². The normalized spacial score (nSPS) is 9.00. The van der Waals surface area contributed by atoms with E-state index in [-0.39, 0.29) is 17.0 Å². The molecule has 0 radical (unpaired) electrons. The molecule has 0 aromatic heterocycles. The van der Waals surface area contributed by atoms with Gasteiger partial charge in [-0.15, -0.1) is 0 Å². The standard InChI is InChI=1S/C13H10F2N2O/c1-9(18)17-5-3-2-4-10-6-12(14)13(15)7-11(10)8-16/h6-7H,3,5H2,1H3,(H,17,18). The zero-order valence-corrected chi connectivity index (χ0v) is 9.68. The number of halogens is 2. The minimum atomic E-state index is -1.07. The van der Waals surface area contributed by atoms with Crippen LogP contribution in [0.3, 0.4) is 0 Å². The van der Waals surface area contributed by atoms with Crippen molar-refractivity contribution in [1.29, 1.82) is 5.26 Å². The Balaban J connectivity index is 2.79. The molecule has 0 aliphatic heterocycles. The molecule has 5 heteroatoms. The zero-order chi connectivity index (χ0) is 13.5. The SMILES string of the molecule is CC(=O)NCCC#Cc1cc(F)c(F)cc1C#N. The van der Waals surface area contributed by atoms with E-state index in [4.69, 9.17) is 5.26 Å². The molecule has 1 rings (SSSR count). The highest BCUT2D eigenvalue weighted by atomic mass is 19.2. The van der Waals surface area contributed by atoms with Crippen LogP contribution in [-0.2, 0) is 4.79 Å². The number of hydrogen-bond acceptors (Lipinski definition) is 2. The van der Waals surface area contributed by atoms with Crippen LogP contribution in [0.5, 0.6) is 0 Å². The van der Waals surface area contributed by atoms with Crippen molar-refractivity contribution in [3.63, 3.8) is 0 Å². The van der Waals surface area contributed by atoms with Crippen LogP contribution in [-0.4, -0.2) is 12.5 Å². The Hall–Kier alpha value is -2.40. The average Bonchev–Trinajstić information content (AvgIpc) is 2.32. The molecule has 3 nitrogen and oxygen atoms in total. The number of carbonyl (C=O) groups is 1. The summed E-state index contributed by atoms with van der Waals surface area (Å²) in [5.41, 5.74) is 0.125. The minimum Gasteiger partial charge on any atom is -0.355 e. The first-order valence-corrected chi connectivity index (χ1v) is 5.17. The largest absolute Gasteiger partial charge is 0.355 e. The predicted octanol–water partition coefficient (Wildman–Crippen LogP) is 1.71. The van der Waals surface area contributed by atoms with Gasteiger partial charge in [0.25, 0.3) is 0 Å². The van der Waals surface area contributed by atoms with Gasteiger partial charge in [0.2, 0.25) is 5.91 Å². The van der Waals surface area contributed by atoms with Crippen molar-refractivity contribution in [3.8, 4) is 17.9 Å². The van der Waals surface area contributed by atoms with E-state index >= 15 is 0 Å². The Labute approximate surface area is 103 Å². The third kappa shape index (κ3) is 3.88. The maximum atomic E-state index is 13.0. The Morgan fingerprint density at radius 1 is 1.33 bits per heavy atom. The number of carbonyl (C=O) groups excluding carboxylic acids is 1. The van der Waals surface area contributed by atoms with Crippen molar-refractivity contribution in [3.05, 3.63) is 34.9 Å². The summed E-state index contributed by atoms with van der Waals surface area (Å²) >= 11 is 0. The van der Waals surface area contributed by atoms with Crippen molar-refractivity contribution in [2.45, 2.75) is 13.3 Å². The minimum absolute atomic E-state index is 0.0130. The van der Waals surface area contributed by atoms with E-state index in [0.717, 1.165) is 12.1 Å². The molecule has 1 N–H and O–H groups in total. The highest BCUT2D eigenvalue weighted by Gasteiger charge is 2.07. The second-order valence-electron chi connectivity index (χ2n) is 3.46. The maximum absolute atomic E-state index is 13.0. The van der Waals surface area contributed by atoms with Crippen LogP contribution in [0.2, 0.25) is 0 Å². The summed E-state index contributed by atoms with van der Waals surface area (Å²) in [6.07, 6.45) is 0.365. The van der Waals surface area contributed by atoms with Gasteiger partial charge in [0, 0.05) is 25.5 Å². The number of nitrogens with one attached hydrogen (secondary N) is 1. The first kappa shape index (κ1) is 13.7. The van der Waals surface area contributed by atoms with Gasteiger partial charge >= 0.3 is 0 Å². The number of nitrogens with zero attached hydrogens (tertiary/aromatic N) is 1. The molecule has 0 heterocycles. The fourth-order valence-corrected chi connectivity index (χ4v) is 1.20. The molecule has 1 amide bonds. The van der Waals surface area contributed by atoms with E-state index in [1.54, 1.807) is 6.07 Å². The van der Waals surface area contributed by atoms with Crippen molar-refractivity contribution in [1.82, 2.24) is 5.32 Å². The van der Waals surface area contributed by atoms with Crippen LogP contribution in [0, 0.1) is 34.8 Å². The monoisotopic (exact) mass is 248 g/mol. The van der Waals surface area contributed by atoms with Gasteiger partial charge in [0.05, 0.1) is 5.56 Å². The zero-order valence-electron chi connectivity index (χ0n) is 9.68. The molecular weight excluding hydrogens is 238 g/mol. The number of hydrogen-bond donors (Lipinski definition) is 1. The summed E-state index contributed by atoms with van der Waals surface area (Å²) in [5.74, 6) is 2.97. The molecule has 0 atom stereocenters.